The smallest absolute Gasteiger partial charge is 0.0696 e. The second-order valence-electron chi connectivity index (χ2n) is 4.96. The average Bonchev–Trinajstić information content (AvgIpc) is 2.70. The van der Waals surface area contributed by atoms with E-state index in [-0.39, 0.29) is 6.04 Å². The standard InChI is InChI=1S/C14H26BrN3/c1-4-7-11(8-5-2)13(16)14-12(15)10-17-18(14)9-6-3/h10-11,13H,4-9,16H2,1-3H3. The summed E-state index contributed by atoms with van der Waals surface area (Å²) in [5.41, 5.74) is 7.67. The van der Waals surface area contributed by atoms with Gasteiger partial charge in [-0.3, -0.25) is 4.68 Å². The Balaban J connectivity index is 2.91. The van der Waals surface area contributed by atoms with Gasteiger partial charge in [-0.2, -0.15) is 5.10 Å². The highest BCUT2D eigenvalue weighted by atomic mass is 79.9. The number of nitrogens with zero attached hydrogens (tertiary/aromatic N) is 2. The molecule has 1 rings (SSSR count). The predicted octanol–water partition coefficient (Wildman–Crippen LogP) is 4.27. The molecule has 104 valence electrons. The molecule has 0 saturated carbocycles. The molecule has 2 N–H and O–H groups in total. The van der Waals surface area contributed by atoms with Crippen LogP contribution in [0, 0.1) is 5.92 Å². The zero-order valence-corrected chi connectivity index (χ0v) is 13.4. The van der Waals surface area contributed by atoms with Gasteiger partial charge < -0.3 is 5.73 Å². The largest absolute Gasteiger partial charge is 0.322 e. The van der Waals surface area contributed by atoms with Gasteiger partial charge in [-0.1, -0.05) is 33.6 Å². The van der Waals surface area contributed by atoms with Crippen molar-refractivity contribution in [2.24, 2.45) is 11.7 Å². The Labute approximate surface area is 119 Å². The summed E-state index contributed by atoms with van der Waals surface area (Å²) in [5, 5.41) is 4.42. The van der Waals surface area contributed by atoms with Crippen LogP contribution in [0.3, 0.4) is 0 Å². The van der Waals surface area contributed by atoms with E-state index in [1.165, 1.54) is 31.4 Å². The monoisotopic (exact) mass is 315 g/mol. The van der Waals surface area contributed by atoms with E-state index in [4.69, 9.17) is 5.73 Å². The molecule has 0 bridgehead atoms. The Kier molecular flexibility index (Phi) is 6.94. The predicted molar refractivity (Wildman–Crippen MR) is 80.5 cm³/mol. The normalized spacial score (nSPS) is 13.2. The van der Waals surface area contributed by atoms with Crippen LogP contribution >= 0.6 is 15.9 Å². The van der Waals surface area contributed by atoms with E-state index in [9.17, 15) is 0 Å². The molecule has 3 nitrogen and oxygen atoms in total. The summed E-state index contributed by atoms with van der Waals surface area (Å²) in [6.45, 7) is 7.57. The van der Waals surface area contributed by atoms with Crippen LogP contribution in [0.15, 0.2) is 10.7 Å². The van der Waals surface area contributed by atoms with E-state index in [0.717, 1.165) is 17.4 Å². The number of hydrogen-bond donors (Lipinski definition) is 1. The van der Waals surface area contributed by atoms with Gasteiger partial charge in [-0.15, -0.1) is 0 Å². The zero-order valence-electron chi connectivity index (χ0n) is 11.8. The van der Waals surface area contributed by atoms with Gasteiger partial charge in [0.05, 0.1) is 22.4 Å². The Hall–Kier alpha value is -0.350. The summed E-state index contributed by atoms with van der Waals surface area (Å²) in [6.07, 6.45) is 7.73. The minimum absolute atomic E-state index is 0.0910. The lowest BCUT2D eigenvalue weighted by Crippen LogP contribution is -2.25. The highest BCUT2D eigenvalue weighted by Crippen LogP contribution is 2.32. The van der Waals surface area contributed by atoms with Gasteiger partial charge in [0.2, 0.25) is 0 Å². The van der Waals surface area contributed by atoms with Gasteiger partial charge in [-0.25, -0.2) is 0 Å². The average molecular weight is 316 g/mol. The highest BCUT2D eigenvalue weighted by molar-refractivity contribution is 9.10. The van der Waals surface area contributed by atoms with Crippen molar-refractivity contribution in [3.63, 3.8) is 0 Å². The van der Waals surface area contributed by atoms with Crippen molar-refractivity contribution < 1.29 is 0 Å². The quantitative estimate of drug-likeness (QED) is 0.778. The molecule has 0 aliphatic rings. The molecule has 0 aliphatic carbocycles. The molecule has 1 heterocycles. The summed E-state index contributed by atoms with van der Waals surface area (Å²) in [6, 6.07) is 0.0910. The third kappa shape index (κ3) is 3.82. The lowest BCUT2D eigenvalue weighted by Gasteiger charge is -2.24. The maximum absolute atomic E-state index is 6.50. The van der Waals surface area contributed by atoms with E-state index >= 15 is 0 Å². The molecule has 18 heavy (non-hydrogen) atoms. The Morgan fingerprint density at radius 1 is 1.22 bits per heavy atom. The first kappa shape index (κ1) is 15.7. The van der Waals surface area contributed by atoms with Crippen LogP contribution in [0.25, 0.3) is 0 Å². The molecule has 0 aromatic carbocycles. The number of rotatable bonds is 8. The summed E-state index contributed by atoms with van der Waals surface area (Å²) < 4.78 is 3.12. The topological polar surface area (TPSA) is 43.8 Å². The fraction of sp³-hybridized carbons (Fsp3) is 0.786. The van der Waals surface area contributed by atoms with Crippen molar-refractivity contribution in [2.75, 3.05) is 0 Å². The molecule has 0 saturated heterocycles. The Morgan fingerprint density at radius 3 is 2.33 bits per heavy atom. The molecule has 0 fully saturated rings. The minimum Gasteiger partial charge on any atom is -0.322 e. The first-order valence-corrected chi connectivity index (χ1v) is 7.91. The van der Waals surface area contributed by atoms with Gasteiger partial charge in [-0.05, 0) is 41.1 Å². The van der Waals surface area contributed by atoms with E-state index in [0.29, 0.717) is 5.92 Å². The molecule has 4 heteroatoms. The van der Waals surface area contributed by atoms with Crippen molar-refractivity contribution in [3.05, 3.63) is 16.4 Å². The van der Waals surface area contributed by atoms with Crippen LogP contribution in [0.1, 0.15) is 64.6 Å². The lowest BCUT2D eigenvalue weighted by atomic mass is 9.89. The third-order valence-corrected chi connectivity index (χ3v) is 4.02. The van der Waals surface area contributed by atoms with Crippen molar-refractivity contribution in [3.8, 4) is 0 Å². The second kappa shape index (κ2) is 7.95. The van der Waals surface area contributed by atoms with Crippen LogP contribution < -0.4 is 5.73 Å². The molecule has 1 aromatic rings. The Morgan fingerprint density at radius 2 is 1.83 bits per heavy atom. The van der Waals surface area contributed by atoms with E-state index in [2.05, 4.69) is 46.5 Å². The number of aryl methyl sites for hydroxylation is 1. The molecular weight excluding hydrogens is 290 g/mol. The fourth-order valence-corrected chi connectivity index (χ4v) is 3.12. The van der Waals surface area contributed by atoms with Gasteiger partial charge >= 0.3 is 0 Å². The van der Waals surface area contributed by atoms with Crippen LogP contribution in [0.2, 0.25) is 0 Å². The number of halogens is 1. The van der Waals surface area contributed by atoms with Crippen molar-refractivity contribution >= 4 is 15.9 Å². The van der Waals surface area contributed by atoms with Gasteiger partial charge in [0, 0.05) is 6.54 Å². The molecule has 0 aliphatic heterocycles. The molecule has 1 aromatic heterocycles. The zero-order chi connectivity index (χ0) is 13.5. The molecular formula is C14H26BrN3. The number of aromatic nitrogens is 2. The fourth-order valence-electron chi connectivity index (χ4n) is 2.56. The first-order valence-electron chi connectivity index (χ1n) is 7.12. The van der Waals surface area contributed by atoms with E-state index < -0.39 is 0 Å². The van der Waals surface area contributed by atoms with Crippen molar-refractivity contribution in [2.45, 2.75) is 65.5 Å². The summed E-state index contributed by atoms with van der Waals surface area (Å²) >= 11 is 3.59. The maximum atomic E-state index is 6.50. The second-order valence-corrected chi connectivity index (χ2v) is 5.82. The number of hydrogen-bond acceptors (Lipinski definition) is 2. The molecule has 0 radical (unpaired) electrons. The SMILES string of the molecule is CCCC(CCC)C(N)c1c(Br)cnn1CCC. The lowest BCUT2D eigenvalue weighted by molar-refractivity contribution is 0.349. The van der Waals surface area contributed by atoms with Crippen LogP contribution in [-0.4, -0.2) is 9.78 Å². The van der Waals surface area contributed by atoms with Gasteiger partial charge in [0.15, 0.2) is 0 Å². The number of nitrogens with two attached hydrogens (primary N) is 1. The van der Waals surface area contributed by atoms with E-state index in [1.807, 2.05) is 6.20 Å². The van der Waals surface area contributed by atoms with Gasteiger partial charge in [0.1, 0.15) is 0 Å². The maximum Gasteiger partial charge on any atom is 0.0696 e. The highest BCUT2D eigenvalue weighted by Gasteiger charge is 2.23. The van der Waals surface area contributed by atoms with Crippen molar-refractivity contribution in [1.82, 2.24) is 9.78 Å². The third-order valence-electron chi connectivity index (χ3n) is 3.41. The van der Waals surface area contributed by atoms with Gasteiger partial charge in [0.25, 0.3) is 0 Å². The van der Waals surface area contributed by atoms with Crippen molar-refractivity contribution in [1.29, 1.82) is 0 Å². The van der Waals surface area contributed by atoms with E-state index in [1.54, 1.807) is 0 Å². The van der Waals surface area contributed by atoms with Crippen LogP contribution in [0.4, 0.5) is 0 Å². The molecule has 0 spiro atoms. The molecule has 0 amide bonds. The minimum atomic E-state index is 0.0910. The Bertz CT molecular complexity index is 343. The summed E-state index contributed by atoms with van der Waals surface area (Å²) in [7, 11) is 0. The first-order chi connectivity index (χ1) is 8.65. The van der Waals surface area contributed by atoms with Crippen LogP contribution in [0.5, 0.6) is 0 Å². The summed E-state index contributed by atoms with van der Waals surface area (Å²) in [5.74, 6) is 0.559. The van der Waals surface area contributed by atoms with Crippen LogP contribution in [-0.2, 0) is 6.54 Å². The summed E-state index contributed by atoms with van der Waals surface area (Å²) in [4.78, 5) is 0. The molecule has 1 atom stereocenters. The molecule has 1 unspecified atom stereocenters.